The average molecular weight is 317 g/mol. The summed E-state index contributed by atoms with van der Waals surface area (Å²) in [6.07, 6.45) is 5.33. The highest BCUT2D eigenvalue weighted by atomic mass is 35.5. The lowest BCUT2D eigenvalue weighted by Gasteiger charge is -2.34. The predicted octanol–water partition coefficient (Wildman–Crippen LogP) is 3.31. The van der Waals surface area contributed by atoms with Crippen LogP contribution in [0.3, 0.4) is 0 Å². The number of hydrogen-bond donors (Lipinski definition) is 0. The minimum absolute atomic E-state index is 0.129. The molecule has 1 heterocycles. The molecule has 0 unspecified atom stereocenters. The number of fused-ring (bicyclic) bond motifs is 2. The normalized spacial score (nSPS) is 34.6. The van der Waals surface area contributed by atoms with Crippen LogP contribution in [-0.4, -0.2) is 30.0 Å². The van der Waals surface area contributed by atoms with E-state index in [2.05, 4.69) is 0 Å². The van der Waals surface area contributed by atoms with Crippen molar-refractivity contribution in [2.75, 3.05) is 12.5 Å². The molecule has 0 amide bonds. The molecule has 21 heavy (non-hydrogen) atoms. The molecule has 0 N–H and O–H groups in total. The van der Waals surface area contributed by atoms with E-state index < -0.39 is 0 Å². The second kappa shape index (κ2) is 6.99. The molecular formula is C16H25ClO4. The van der Waals surface area contributed by atoms with Crippen LogP contribution in [0.2, 0.25) is 0 Å². The number of rotatable bonds is 7. The van der Waals surface area contributed by atoms with Crippen molar-refractivity contribution in [3.8, 4) is 0 Å². The van der Waals surface area contributed by atoms with Crippen molar-refractivity contribution < 1.29 is 19.1 Å². The van der Waals surface area contributed by atoms with Gasteiger partial charge in [-0.1, -0.05) is 19.8 Å². The Bertz CT molecular complexity index is 398. The van der Waals surface area contributed by atoms with Crippen LogP contribution in [-0.2, 0) is 19.1 Å². The van der Waals surface area contributed by atoms with E-state index in [1.807, 2.05) is 13.8 Å². The second-order valence-electron chi connectivity index (χ2n) is 6.66. The molecule has 0 aromatic heterocycles. The number of hydrogen-bond acceptors (Lipinski definition) is 4. The lowest BCUT2D eigenvalue weighted by molar-refractivity contribution is -0.157. The van der Waals surface area contributed by atoms with Crippen LogP contribution in [0.4, 0.5) is 0 Å². The highest BCUT2D eigenvalue weighted by Gasteiger charge is 2.56. The summed E-state index contributed by atoms with van der Waals surface area (Å²) in [6, 6.07) is 0. The van der Waals surface area contributed by atoms with Crippen LogP contribution in [0.5, 0.6) is 0 Å². The molecular weight excluding hydrogens is 292 g/mol. The Morgan fingerprint density at radius 3 is 2.76 bits per heavy atom. The minimum Gasteiger partial charge on any atom is -0.465 e. The maximum absolute atomic E-state index is 12.3. The first-order chi connectivity index (χ1) is 9.97. The molecule has 120 valence electrons. The predicted molar refractivity (Wildman–Crippen MR) is 80.0 cm³/mol. The summed E-state index contributed by atoms with van der Waals surface area (Å²) >= 11 is 5.61. The highest BCUT2D eigenvalue weighted by Crippen LogP contribution is 2.48. The zero-order valence-electron chi connectivity index (χ0n) is 12.9. The molecule has 2 aliphatic rings. The summed E-state index contributed by atoms with van der Waals surface area (Å²) in [5, 5.41) is 0. The Hall–Kier alpha value is -0.770. The van der Waals surface area contributed by atoms with Gasteiger partial charge in [0, 0.05) is 12.3 Å². The molecule has 0 aromatic carbocycles. The second-order valence-corrected chi connectivity index (χ2v) is 7.04. The summed E-state index contributed by atoms with van der Waals surface area (Å²) in [5.41, 5.74) is -0.375. The summed E-state index contributed by atoms with van der Waals surface area (Å²) < 4.78 is 10.8. The molecule has 1 aliphatic carbocycles. The third-order valence-electron chi connectivity index (χ3n) is 4.65. The van der Waals surface area contributed by atoms with Gasteiger partial charge in [-0.2, -0.15) is 0 Å². The summed E-state index contributed by atoms with van der Waals surface area (Å²) in [7, 11) is 0. The Morgan fingerprint density at radius 1 is 1.33 bits per heavy atom. The van der Waals surface area contributed by atoms with Crippen LogP contribution in [0.1, 0.15) is 52.4 Å². The lowest BCUT2D eigenvalue weighted by Crippen LogP contribution is -2.40. The van der Waals surface area contributed by atoms with Crippen LogP contribution in [0.15, 0.2) is 0 Å². The first-order valence-corrected chi connectivity index (χ1v) is 8.46. The largest absolute Gasteiger partial charge is 0.465 e. The number of esters is 2. The zero-order chi connectivity index (χ0) is 15.5. The van der Waals surface area contributed by atoms with Gasteiger partial charge in [-0.05, 0) is 32.1 Å². The van der Waals surface area contributed by atoms with Crippen molar-refractivity contribution in [1.29, 1.82) is 0 Å². The van der Waals surface area contributed by atoms with E-state index in [1.54, 1.807) is 0 Å². The molecule has 0 aromatic rings. The Morgan fingerprint density at radius 2 is 2.05 bits per heavy atom. The first-order valence-electron chi connectivity index (χ1n) is 7.92. The topological polar surface area (TPSA) is 52.6 Å². The number of alkyl halides is 1. The van der Waals surface area contributed by atoms with Gasteiger partial charge in [-0.3, -0.25) is 9.59 Å². The third-order valence-corrected chi connectivity index (χ3v) is 4.91. The smallest absolute Gasteiger partial charge is 0.310 e. The molecule has 1 saturated heterocycles. The SMILES string of the molecule is C[C@H]1C[C@]2(C)C[C@@H](C(=O)O2)[C@@H]1C(=O)OCCCCCCCl. The molecule has 0 radical (unpaired) electrons. The number of carbonyl (C=O) groups excluding carboxylic acids is 2. The van der Waals surface area contributed by atoms with E-state index in [9.17, 15) is 9.59 Å². The fourth-order valence-electron chi connectivity index (χ4n) is 3.73. The van der Waals surface area contributed by atoms with Crippen molar-refractivity contribution in [3.63, 3.8) is 0 Å². The van der Waals surface area contributed by atoms with Crippen molar-refractivity contribution >= 4 is 23.5 Å². The molecule has 2 fully saturated rings. The van der Waals surface area contributed by atoms with Gasteiger partial charge >= 0.3 is 11.9 Å². The molecule has 2 rings (SSSR count). The average Bonchev–Trinajstić information content (AvgIpc) is 2.64. The molecule has 4 nitrogen and oxygen atoms in total. The van der Waals surface area contributed by atoms with Gasteiger partial charge in [0.15, 0.2) is 0 Å². The van der Waals surface area contributed by atoms with Gasteiger partial charge in [0.25, 0.3) is 0 Å². The molecule has 1 saturated carbocycles. The molecule has 1 aliphatic heterocycles. The third kappa shape index (κ3) is 3.91. The number of halogens is 1. The number of ether oxygens (including phenoxy) is 2. The molecule has 0 spiro atoms. The minimum atomic E-state index is -0.375. The van der Waals surface area contributed by atoms with E-state index in [0.717, 1.165) is 32.1 Å². The highest BCUT2D eigenvalue weighted by molar-refractivity contribution is 6.17. The van der Waals surface area contributed by atoms with Crippen LogP contribution < -0.4 is 0 Å². The van der Waals surface area contributed by atoms with Crippen molar-refractivity contribution in [2.45, 2.75) is 58.0 Å². The zero-order valence-corrected chi connectivity index (χ0v) is 13.7. The van der Waals surface area contributed by atoms with E-state index in [0.29, 0.717) is 18.9 Å². The van der Waals surface area contributed by atoms with Crippen LogP contribution in [0, 0.1) is 17.8 Å². The molecule has 5 heteroatoms. The van der Waals surface area contributed by atoms with Gasteiger partial charge < -0.3 is 9.47 Å². The van der Waals surface area contributed by atoms with Crippen molar-refractivity contribution in [2.24, 2.45) is 17.8 Å². The Labute approximate surface area is 131 Å². The van der Waals surface area contributed by atoms with Gasteiger partial charge in [0.05, 0.1) is 18.4 Å². The monoisotopic (exact) mass is 316 g/mol. The fraction of sp³-hybridized carbons (Fsp3) is 0.875. The standard InChI is InChI=1S/C16H25ClO4/c1-11-9-16(2)10-12(14(18)21-16)13(11)15(19)20-8-6-4-3-5-7-17/h11-13H,3-10H2,1-2H3/t11-,12+,13+,16+/m0/s1. The number of carbonyl (C=O) groups is 2. The summed E-state index contributed by atoms with van der Waals surface area (Å²) in [6.45, 7) is 4.40. The lowest BCUT2D eigenvalue weighted by atomic mass is 9.69. The number of unbranched alkanes of at least 4 members (excludes halogenated alkanes) is 3. The van der Waals surface area contributed by atoms with Crippen molar-refractivity contribution in [1.82, 2.24) is 0 Å². The molecule has 4 atom stereocenters. The van der Waals surface area contributed by atoms with E-state index >= 15 is 0 Å². The quantitative estimate of drug-likeness (QED) is 0.411. The Kier molecular flexibility index (Phi) is 5.53. The first kappa shape index (κ1) is 16.6. The maximum atomic E-state index is 12.3. The Balaban J connectivity index is 1.80. The maximum Gasteiger partial charge on any atom is 0.310 e. The van der Waals surface area contributed by atoms with Crippen LogP contribution in [0.25, 0.3) is 0 Å². The van der Waals surface area contributed by atoms with E-state index in [1.165, 1.54) is 0 Å². The summed E-state index contributed by atoms with van der Waals surface area (Å²) in [4.78, 5) is 24.2. The fourth-order valence-corrected chi connectivity index (χ4v) is 3.92. The van der Waals surface area contributed by atoms with Crippen molar-refractivity contribution in [3.05, 3.63) is 0 Å². The van der Waals surface area contributed by atoms with E-state index in [-0.39, 0.29) is 35.3 Å². The van der Waals surface area contributed by atoms with E-state index in [4.69, 9.17) is 21.1 Å². The molecule has 2 bridgehead atoms. The van der Waals surface area contributed by atoms with Gasteiger partial charge in [-0.25, -0.2) is 0 Å². The van der Waals surface area contributed by atoms with Gasteiger partial charge in [-0.15, -0.1) is 11.6 Å². The van der Waals surface area contributed by atoms with Crippen LogP contribution >= 0.6 is 11.6 Å². The van der Waals surface area contributed by atoms with Gasteiger partial charge in [0.2, 0.25) is 0 Å². The summed E-state index contributed by atoms with van der Waals surface area (Å²) in [5.74, 6) is -0.305. The van der Waals surface area contributed by atoms with Gasteiger partial charge in [0.1, 0.15) is 5.60 Å².